The summed E-state index contributed by atoms with van der Waals surface area (Å²) in [4.78, 5) is 0.277. The third kappa shape index (κ3) is 3.70. The molecule has 1 aromatic carbocycles. The molecule has 4 nitrogen and oxygen atoms in total. The summed E-state index contributed by atoms with van der Waals surface area (Å²) in [6, 6.07) is 3.23. The zero-order valence-electron chi connectivity index (χ0n) is 12.4. The average molecular weight is 284 g/mol. The Bertz CT molecular complexity index is 528. The van der Waals surface area contributed by atoms with Crippen molar-refractivity contribution in [2.45, 2.75) is 39.0 Å². The van der Waals surface area contributed by atoms with E-state index in [0.717, 1.165) is 17.5 Å². The highest BCUT2D eigenvalue weighted by atomic mass is 32.2. The SMILES string of the molecule is Cc1cc(S(=O)(=O)N(C)CCC(C)C)cc(N)c1C. The number of nitrogen functional groups attached to an aromatic ring is 1. The summed E-state index contributed by atoms with van der Waals surface area (Å²) < 4.78 is 26.3. The van der Waals surface area contributed by atoms with Gasteiger partial charge < -0.3 is 5.73 Å². The van der Waals surface area contributed by atoms with Gasteiger partial charge in [-0.15, -0.1) is 0 Å². The van der Waals surface area contributed by atoms with Gasteiger partial charge >= 0.3 is 0 Å². The Labute approximate surface area is 116 Å². The molecule has 5 heteroatoms. The Balaban J connectivity index is 3.07. The molecule has 19 heavy (non-hydrogen) atoms. The van der Waals surface area contributed by atoms with E-state index in [9.17, 15) is 8.42 Å². The quantitative estimate of drug-likeness (QED) is 0.845. The van der Waals surface area contributed by atoms with Crippen LogP contribution in [0.2, 0.25) is 0 Å². The smallest absolute Gasteiger partial charge is 0.242 e. The molecule has 0 aliphatic heterocycles. The van der Waals surface area contributed by atoms with Crippen molar-refractivity contribution in [1.82, 2.24) is 4.31 Å². The molecule has 0 bridgehead atoms. The second-order valence-corrected chi connectivity index (χ2v) is 7.51. The van der Waals surface area contributed by atoms with E-state index in [1.165, 1.54) is 4.31 Å². The van der Waals surface area contributed by atoms with E-state index in [0.29, 0.717) is 18.2 Å². The van der Waals surface area contributed by atoms with Crippen LogP contribution in [0.5, 0.6) is 0 Å². The predicted molar refractivity (Wildman–Crippen MR) is 79.6 cm³/mol. The number of nitrogens with zero attached hydrogens (tertiary/aromatic N) is 1. The third-order valence-corrected chi connectivity index (χ3v) is 5.25. The van der Waals surface area contributed by atoms with Gasteiger partial charge in [-0.25, -0.2) is 12.7 Å². The van der Waals surface area contributed by atoms with Crippen molar-refractivity contribution < 1.29 is 8.42 Å². The van der Waals surface area contributed by atoms with Gasteiger partial charge in [0.15, 0.2) is 0 Å². The van der Waals surface area contributed by atoms with E-state index in [2.05, 4.69) is 13.8 Å². The van der Waals surface area contributed by atoms with Crippen LogP contribution in [-0.4, -0.2) is 26.3 Å². The first-order valence-electron chi connectivity index (χ1n) is 6.49. The van der Waals surface area contributed by atoms with Gasteiger partial charge in [0.1, 0.15) is 0 Å². The van der Waals surface area contributed by atoms with Gasteiger partial charge in [0.25, 0.3) is 0 Å². The summed E-state index contributed by atoms with van der Waals surface area (Å²) in [7, 11) is -1.83. The van der Waals surface area contributed by atoms with Crippen molar-refractivity contribution in [2.75, 3.05) is 19.3 Å². The maximum atomic E-state index is 12.4. The van der Waals surface area contributed by atoms with Gasteiger partial charge in [0, 0.05) is 19.3 Å². The summed E-state index contributed by atoms with van der Waals surface area (Å²) in [5.41, 5.74) is 8.21. The summed E-state index contributed by atoms with van der Waals surface area (Å²) in [5.74, 6) is 0.475. The molecule has 1 aromatic rings. The van der Waals surface area contributed by atoms with Crippen LogP contribution in [0.4, 0.5) is 5.69 Å². The molecule has 2 N–H and O–H groups in total. The molecule has 0 aliphatic rings. The van der Waals surface area contributed by atoms with Crippen molar-refractivity contribution >= 4 is 15.7 Å². The number of nitrogens with two attached hydrogens (primary N) is 1. The van der Waals surface area contributed by atoms with Gasteiger partial charge in [-0.3, -0.25) is 0 Å². The first-order chi connectivity index (χ1) is 8.66. The number of anilines is 1. The topological polar surface area (TPSA) is 63.4 Å². The highest BCUT2D eigenvalue weighted by Gasteiger charge is 2.21. The van der Waals surface area contributed by atoms with Crippen LogP contribution in [-0.2, 0) is 10.0 Å². The number of benzene rings is 1. The zero-order valence-corrected chi connectivity index (χ0v) is 13.2. The monoisotopic (exact) mass is 284 g/mol. The fourth-order valence-electron chi connectivity index (χ4n) is 1.74. The summed E-state index contributed by atoms with van der Waals surface area (Å²) >= 11 is 0. The second-order valence-electron chi connectivity index (χ2n) is 5.46. The van der Waals surface area contributed by atoms with E-state index in [1.54, 1.807) is 19.2 Å². The number of hydrogen-bond donors (Lipinski definition) is 1. The van der Waals surface area contributed by atoms with Crippen molar-refractivity contribution in [2.24, 2.45) is 5.92 Å². The van der Waals surface area contributed by atoms with Crippen LogP contribution in [0.3, 0.4) is 0 Å². The molecular formula is C14H24N2O2S. The average Bonchev–Trinajstić information content (AvgIpc) is 2.31. The Kier molecular flexibility index (Phi) is 4.98. The third-order valence-electron chi connectivity index (χ3n) is 3.41. The molecule has 108 valence electrons. The molecule has 0 radical (unpaired) electrons. The van der Waals surface area contributed by atoms with E-state index in [-0.39, 0.29) is 4.90 Å². The lowest BCUT2D eigenvalue weighted by atomic mass is 10.1. The molecule has 0 saturated heterocycles. The molecule has 0 unspecified atom stereocenters. The lowest BCUT2D eigenvalue weighted by molar-refractivity contribution is 0.428. The number of sulfonamides is 1. The highest BCUT2D eigenvalue weighted by molar-refractivity contribution is 7.89. The minimum atomic E-state index is -3.44. The van der Waals surface area contributed by atoms with E-state index in [4.69, 9.17) is 5.73 Å². The lowest BCUT2D eigenvalue weighted by Crippen LogP contribution is -2.28. The molecule has 0 fully saturated rings. The van der Waals surface area contributed by atoms with E-state index >= 15 is 0 Å². The molecule has 0 spiro atoms. The second kappa shape index (κ2) is 5.92. The molecule has 0 aromatic heterocycles. The molecule has 0 saturated carbocycles. The molecular weight excluding hydrogens is 260 g/mol. The molecule has 1 rings (SSSR count). The number of aryl methyl sites for hydroxylation is 1. The van der Waals surface area contributed by atoms with Crippen molar-refractivity contribution in [1.29, 1.82) is 0 Å². The highest BCUT2D eigenvalue weighted by Crippen LogP contribution is 2.23. The largest absolute Gasteiger partial charge is 0.398 e. The summed E-state index contributed by atoms with van der Waals surface area (Å²) in [6.45, 7) is 8.44. The standard InChI is InChI=1S/C14H24N2O2S/c1-10(2)6-7-16(5)19(17,18)13-8-11(3)12(4)14(15)9-13/h8-10H,6-7,15H2,1-5H3. The maximum Gasteiger partial charge on any atom is 0.242 e. The Morgan fingerprint density at radius 2 is 1.84 bits per heavy atom. The van der Waals surface area contributed by atoms with Gasteiger partial charge in [-0.1, -0.05) is 13.8 Å². The lowest BCUT2D eigenvalue weighted by Gasteiger charge is -2.19. The van der Waals surface area contributed by atoms with Crippen LogP contribution in [0.25, 0.3) is 0 Å². The molecule has 0 amide bonds. The summed E-state index contributed by atoms with van der Waals surface area (Å²) in [5, 5.41) is 0. The normalized spacial score (nSPS) is 12.4. The number of hydrogen-bond acceptors (Lipinski definition) is 3. The Hall–Kier alpha value is -1.07. The Morgan fingerprint density at radius 3 is 2.32 bits per heavy atom. The van der Waals surface area contributed by atoms with Gasteiger partial charge in [0.2, 0.25) is 10.0 Å². The van der Waals surface area contributed by atoms with E-state index < -0.39 is 10.0 Å². The van der Waals surface area contributed by atoms with Gasteiger partial charge in [0.05, 0.1) is 4.90 Å². The van der Waals surface area contributed by atoms with Crippen molar-refractivity contribution in [3.05, 3.63) is 23.3 Å². The van der Waals surface area contributed by atoms with E-state index in [1.807, 2.05) is 13.8 Å². The first kappa shape index (κ1) is 16.0. The fraction of sp³-hybridized carbons (Fsp3) is 0.571. The maximum absolute atomic E-state index is 12.4. The molecule has 0 heterocycles. The summed E-state index contributed by atoms with van der Waals surface area (Å²) in [6.07, 6.45) is 0.843. The minimum Gasteiger partial charge on any atom is -0.398 e. The fourth-order valence-corrected chi connectivity index (χ4v) is 3.05. The van der Waals surface area contributed by atoms with Crippen LogP contribution < -0.4 is 5.73 Å². The van der Waals surface area contributed by atoms with Crippen LogP contribution in [0.1, 0.15) is 31.4 Å². The van der Waals surface area contributed by atoms with Gasteiger partial charge in [-0.2, -0.15) is 0 Å². The van der Waals surface area contributed by atoms with Gasteiger partial charge in [-0.05, 0) is 49.4 Å². The Morgan fingerprint density at radius 1 is 1.26 bits per heavy atom. The van der Waals surface area contributed by atoms with Crippen LogP contribution in [0, 0.1) is 19.8 Å². The van der Waals surface area contributed by atoms with Crippen LogP contribution >= 0.6 is 0 Å². The predicted octanol–water partition coefficient (Wildman–Crippen LogP) is 2.55. The van der Waals surface area contributed by atoms with Crippen molar-refractivity contribution in [3.8, 4) is 0 Å². The molecule has 0 atom stereocenters. The van der Waals surface area contributed by atoms with Crippen LogP contribution in [0.15, 0.2) is 17.0 Å². The first-order valence-corrected chi connectivity index (χ1v) is 7.93. The zero-order chi connectivity index (χ0) is 14.8. The minimum absolute atomic E-state index is 0.277. The van der Waals surface area contributed by atoms with Crippen molar-refractivity contribution in [3.63, 3.8) is 0 Å². The number of rotatable bonds is 5. The molecule has 0 aliphatic carbocycles.